The van der Waals surface area contributed by atoms with Crippen molar-refractivity contribution in [2.24, 2.45) is 0 Å². The van der Waals surface area contributed by atoms with Crippen LogP contribution in [-0.4, -0.2) is 9.97 Å². The van der Waals surface area contributed by atoms with Gasteiger partial charge in [-0.15, -0.1) is 0 Å². The molecule has 0 spiro atoms. The van der Waals surface area contributed by atoms with Crippen LogP contribution in [0.25, 0.3) is 11.1 Å². The van der Waals surface area contributed by atoms with Gasteiger partial charge < -0.3 is 19.9 Å². The Morgan fingerprint density at radius 2 is 2.05 bits per heavy atom. The van der Waals surface area contributed by atoms with Crippen molar-refractivity contribution in [3.63, 3.8) is 0 Å². The Hall–Kier alpha value is -2.50. The molecule has 98 valence electrons. The molecule has 3 N–H and O–H groups in total. The fourth-order valence-electron chi connectivity index (χ4n) is 1.81. The van der Waals surface area contributed by atoms with Crippen LogP contribution < -0.4 is 11.1 Å². The number of para-hydroxylation sites is 1. The number of nitrogen functional groups attached to an aromatic ring is 1. The summed E-state index contributed by atoms with van der Waals surface area (Å²) in [6.45, 7) is 4.20. The summed E-state index contributed by atoms with van der Waals surface area (Å²) < 4.78 is 11.0. The molecular formula is C13H14N4O2. The van der Waals surface area contributed by atoms with Crippen molar-refractivity contribution >= 4 is 22.8 Å². The SMILES string of the molecule is Cc1nc(CNc2nc3c(N)cccc3o2)oc1C. The quantitative estimate of drug-likeness (QED) is 0.702. The van der Waals surface area contributed by atoms with Gasteiger partial charge in [0.15, 0.2) is 5.58 Å². The van der Waals surface area contributed by atoms with E-state index in [4.69, 9.17) is 14.6 Å². The fraction of sp³-hybridized carbons (Fsp3) is 0.231. The van der Waals surface area contributed by atoms with Gasteiger partial charge >= 0.3 is 0 Å². The molecule has 0 aliphatic heterocycles. The summed E-state index contributed by atoms with van der Waals surface area (Å²) >= 11 is 0. The van der Waals surface area contributed by atoms with Gasteiger partial charge in [0.05, 0.1) is 17.9 Å². The zero-order valence-corrected chi connectivity index (χ0v) is 10.7. The van der Waals surface area contributed by atoms with Crippen molar-refractivity contribution in [1.82, 2.24) is 9.97 Å². The lowest BCUT2D eigenvalue weighted by molar-refractivity contribution is 0.475. The van der Waals surface area contributed by atoms with E-state index in [0.717, 1.165) is 11.5 Å². The summed E-state index contributed by atoms with van der Waals surface area (Å²) in [5.74, 6) is 1.42. The van der Waals surface area contributed by atoms with Crippen LogP contribution >= 0.6 is 0 Å². The Morgan fingerprint density at radius 1 is 1.21 bits per heavy atom. The molecule has 3 aromatic rings. The Bertz CT molecular complexity index is 710. The van der Waals surface area contributed by atoms with Gasteiger partial charge in [0.2, 0.25) is 5.89 Å². The van der Waals surface area contributed by atoms with Gasteiger partial charge in [0.25, 0.3) is 6.01 Å². The Balaban J connectivity index is 1.80. The van der Waals surface area contributed by atoms with Crippen molar-refractivity contribution in [3.8, 4) is 0 Å². The monoisotopic (exact) mass is 258 g/mol. The molecule has 0 bridgehead atoms. The standard InChI is InChI=1S/C13H14N4O2/c1-7-8(2)18-11(16-7)6-15-13-17-12-9(14)4-3-5-10(12)19-13/h3-5H,6,14H2,1-2H3,(H,15,17). The number of hydrogen-bond donors (Lipinski definition) is 2. The zero-order valence-electron chi connectivity index (χ0n) is 10.7. The highest BCUT2D eigenvalue weighted by molar-refractivity contribution is 5.86. The Morgan fingerprint density at radius 3 is 2.74 bits per heavy atom. The van der Waals surface area contributed by atoms with Crippen LogP contribution in [0.4, 0.5) is 11.7 Å². The number of hydrogen-bond acceptors (Lipinski definition) is 6. The molecule has 0 aliphatic rings. The van der Waals surface area contributed by atoms with Crippen LogP contribution in [-0.2, 0) is 6.54 Å². The van der Waals surface area contributed by atoms with Gasteiger partial charge in [-0.1, -0.05) is 6.07 Å². The van der Waals surface area contributed by atoms with Crippen molar-refractivity contribution in [2.45, 2.75) is 20.4 Å². The second-order valence-corrected chi connectivity index (χ2v) is 4.32. The second-order valence-electron chi connectivity index (χ2n) is 4.32. The molecule has 2 aromatic heterocycles. The van der Waals surface area contributed by atoms with Gasteiger partial charge in [-0.2, -0.15) is 4.98 Å². The summed E-state index contributed by atoms with van der Waals surface area (Å²) in [4.78, 5) is 8.56. The van der Waals surface area contributed by atoms with Crippen LogP contribution in [0.3, 0.4) is 0 Å². The molecule has 3 rings (SSSR count). The average molecular weight is 258 g/mol. The van der Waals surface area contributed by atoms with Gasteiger partial charge in [-0.05, 0) is 26.0 Å². The summed E-state index contributed by atoms with van der Waals surface area (Å²) in [5.41, 5.74) is 8.61. The Labute approximate surface area is 109 Å². The minimum absolute atomic E-state index is 0.404. The topological polar surface area (TPSA) is 90.1 Å². The first-order valence-corrected chi connectivity index (χ1v) is 5.95. The van der Waals surface area contributed by atoms with Crippen molar-refractivity contribution in [1.29, 1.82) is 0 Å². The van der Waals surface area contributed by atoms with E-state index < -0.39 is 0 Å². The number of anilines is 2. The number of aryl methyl sites for hydroxylation is 2. The van der Waals surface area contributed by atoms with E-state index in [-0.39, 0.29) is 0 Å². The zero-order chi connectivity index (χ0) is 13.4. The molecular weight excluding hydrogens is 244 g/mol. The lowest BCUT2D eigenvalue weighted by atomic mass is 10.3. The molecule has 0 saturated carbocycles. The van der Waals surface area contributed by atoms with Crippen LogP contribution in [0, 0.1) is 13.8 Å². The molecule has 0 amide bonds. The third-order valence-electron chi connectivity index (χ3n) is 2.91. The van der Waals surface area contributed by atoms with E-state index >= 15 is 0 Å². The van der Waals surface area contributed by atoms with Crippen LogP contribution in [0.15, 0.2) is 27.0 Å². The van der Waals surface area contributed by atoms with Crippen molar-refractivity contribution < 1.29 is 8.83 Å². The van der Waals surface area contributed by atoms with E-state index in [2.05, 4.69) is 15.3 Å². The molecule has 0 saturated heterocycles. The van der Waals surface area contributed by atoms with Crippen LogP contribution in [0.1, 0.15) is 17.3 Å². The maximum absolute atomic E-state index is 5.82. The summed E-state index contributed by atoms with van der Waals surface area (Å²) in [7, 11) is 0. The third kappa shape index (κ3) is 2.12. The molecule has 2 heterocycles. The number of oxazole rings is 2. The molecule has 0 unspecified atom stereocenters. The predicted molar refractivity (Wildman–Crippen MR) is 71.7 cm³/mol. The second kappa shape index (κ2) is 4.31. The number of nitrogens with one attached hydrogen (secondary N) is 1. The minimum Gasteiger partial charge on any atom is -0.444 e. The van der Waals surface area contributed by atoms with Gasteiger partial charge in [-0.25, -0.2) is 4.98 Å². The van der Waals surface area contributed by atoms with Gasteiger partial charge in [0, 0.05) is 0 Å². The Kier molecular flexibility index (Phi) is 2.63. The lowest BCUT2D eigenvalue weighted by Crippen LogP contribution is -1.99. The fourth-order valence-corrected chi connectivity index (χ4v) is 1.81. The largest absolute Gasteiger partial charge is 0.444 e. The first-order chi connectivity index (χ1) is 9.13. The summed E-state index contributed by atoms with van der Waals surface area (Å²) in [6.07, 6.45) is 0. The molecule has 1 aromatic carbocycles. The highest BCUT2D eigenvalue weighted by Gasteiger charge is 2.10. The number of fused-ring (bicyclic) bond motifs is 1. The van der Waals surface area contributed by atoms with Gasteiger partial charge in [-0.3, -0.25) is 0 Å². The number of nitrogens with zero attached hydrogens (tertiary/aromatic N) is 2. The highest BCUT2D eigenvalue weighted by Crippen LogP contribution is 2.23. The molecule has 6 nitrogen and oxygen atoms in total. The predicted octanol–water partition coefficient (Wildman–Crippen LogP) is 2.63. The summed E-state index contributed by atoms with van der Waals surface area (Å²) in [6, 6.07) is 5.84. The number of rotatable bonds is 3. The first kappa shape index (κ1) is 11.6. The molecule has 19 heavy (non-hydrogen) atoms. The highest BCUT2D eigenvalue weighted by atomic mass is 16.4. The average Bonchev–Trinajstić information content (AvgIpc) is 2.92. The maximum atomic E-state index is 5.82. The maximum Gasteiger partial charge on any atom is 0.296 e. The molecule has 0 fully saturated rings. The summed E-state index contributed by atoms with van der Waals surface area (Å²) in [5, 5.41) is 3.03. The molecule has 0 atom stereocenters. The normalized spacial score (nSPS) is 11.1. The van der Waals surface area contributed by atoms with E-state index in [9.17, 15) is 0 Å². The molecule has 0 aliphatic carbocycles. The van der Waals surface area contributed by atoms with Gasteiger partial charge in [0.1, 0.15) is 11.3 Å². The van der Waals surface area contributed by atoms with Crippen molar-refractivity contribution in [3.05, 3.63) is 35.5 Å². The van der Waals surface area contributed by atoms with Crippen molar-refractivity contribution in [2.75, 3.05) is 11.1 Å². The first-order valence-electron chi connectivity index (χ1n) is 5.95. The third-order valence-corrected chi connectivity index (χ3v) is 2.91. The molecule has 6 heteroatoms. The minimum atomic E-state index is 0.404. The van der Waals surface area contributed by atoms with E-state index in [1.807, 2.05) is 26.0 Å². The van der Waals surface area contributed by atoms with E-state index in [1.54, 1.807) is 6.07 Å². The number of benzene rings is 1. The van der Waals surface area contributed by atoms with Crippen LogP contribution in [0.2, 0.25) is 0 Å². The van der Waals surface area contributed by atoms with E-state index in [0.29, 0.717) is 35.2 Å². The number of nitrogens with two attached hydrogens (primary N) is 1. The van der Waals surface area contributed by atoms with E-state index in [1.165, 1.54) is 0 Å². The van der Waals surface area contributed by atoms with Crippen LogP contribution in [0.5, 0.6) is 0 Å². The smallest absolute Gasteiger partial charge is 0.296 e. The number of aromatic nitrogens is 2. The molecule has 0 radical (unpaired) electrons. The lowest BCUT2D eigenvalue weighted by Gasteiger charge is -1.95.